The quantitative estimate of drug-likeness (QED) is 0.630. The Kier molecular flexibility index (Phi) is 7.99. The maximum Gasteiger partial charge on any atom is 0.243 e. The summed E-state index contributed by atoms with van der Waals surface area (Å²) in [5.74, 6) is -0.283. The third kappa shape index (κ3) is 6.96. The number of nitrogens with one attached hydrogen (secondary N) is 2. The van der Waals surface area contributed by atoms with E-state index in [0.717, 1.165) is 54.7 Å². The number of benzene rings is 1. The van der Waals surface area contributed by atoms with Gasteiger partial charge in [0.15, 0.2) is 0 Å². The molecule has 1 aromatic carbocycles. The average molecular weight is 389 g/mol. The lowest BCUT2D eigenvalue weighted by Crippen LogP contribution is -2.44. The number of nitrogens with two attached hydrogens (primary N) is 1. The monoisotopic (exact) mass is 388 g/mol. The number of carbonyl (C=O) groups excluding carboxylic acids is 3. The van der Waals surface area contributed by atoms with E-state index in [-0.39, 0.29) is 30.8 Å². The molecule has 2 rings (SSSR count). The molecule has 0 radical (unpaired) electrons. The van der Waals surface area contributed by atoms with Crippen LogP contribution in [0.5, 0.6) is 0 Å². The first-order chi connectivity index (χ1) is 13.2. The number of primary amides is 1. The van der Waals surface area contributed by atoms with Crippen molar-refractivity contribution in [1.29, 1.82) is 0 Å². The number of carbonyl (C=O) groups is 3. The van der Waals surface area contributed by atoms with Crippen LogP contribution in [-0.2, 0) is 14.4 Å². The molecular formula is C21H32N4O3. The number of aryl methyl sites for hydroxylation is 3. The van der Waals surface area contributed by atoms with Gasteiger partial charge < -0.3 is 16.4 Å². The van der Waals surface area contributed by atoms with Crippen molar-refractivity contribution in [2.24, 2.45) is 11.7 Å². The van der Waals surface area contributed by atoms with E-state index in [1.54, 1.807) is 0 Å². The lowest BCUT2D eigenvalue weighted by molar-refractivity contribution is -0.125. The molecular weight excluding hydrogens is 356 g/mol. The summed E-state index contributed by atoms with van der Waals surface area (Å²) >= 11 is 0. The Morgan fingerprint density at radius 3 is 2.46 bits per heavy atom. The number of rotatable bonds is 8. The molecule has 154 valence electrons. The van der Waals surface area contributed by atoms with Crippen LogP contribution in [0.4, 0.5) is 5.69 Å². The summed E-state index contributed by atoms with van der Waals surface area (Å²) in [5.41, 5.74) is 9.19. The van der Waals surface area contributed by atoms with Gasteiger partial charge in [0, 0.05) is 18.7 Å². The van der Waals surface area contributed by atoms with Crippen LogP contribution in [0, 0.1) is 26.7 Å². The molecule has 1 aliphatic rings. The van der Waals surface area contributed by atoms with Gasteiger partial charge in [-0.25, -0.2) is 0 Å². The topological polar surface area (TPSA) is 105 Å². The highest BCUT2D eigenvalue weighted by Gasteiger charge is 2.22. The van der Waals surface area contributed by atoms with Crippen LogP contribution >= 0.6 is 0 Å². The highest BCUT2D eigenvalue weighted by atomic mass is 16.2. The minimum Gasteiger partial charge on any atom is -0.370 e. The molecule has 1 saturated heterocycles. The standard InChI is InChI=1S/C21H32N4O3/c1-14-9-15(2)21(16(3)10-14)24-19(27)11-23-20(28)13-25-8-4-5-17(12-25)6-7-18(22)26/h9-10,17H,4-8,11-13H2,1-3H3,(H2,22,26)(H,23,28)(H,24,27). The first-order valence-electron chi connectivity index (χ1n) is 9.89. The molecule has 1 unspecified atom stereocenters. The lowest BCUT2D eigenvalue weighted by atomic mass is 9.93. The number of piperidine rings is 1. The fourth-order valence-electron chi connectivity index (χ4n) is 3.88. The van der Waals surface area contributed by atoms with Crippen molar-refractivity contribution in [3.63, 3.8) is 0 Å². The summed E-state index contributed by atoms with van der Waals surface area (Å²) in [4.78, 5) is 37.5. The number of likely N-dealkylation sites (tertiary alicyclic amines) is 1. The predicted octanol–water partition coefficient (Wildman–Crippen LogP) is 1.64. The molecule has 4 N–H and O–H groups in total. The maximum absolute atomic E-state index is 12.2. The van der Waals surface area contributed by atoms with Gasteiger partial charge in [-0.3, -0.25) is 19.3 Å². The average Bonchev–Trinajstić information content (AvgIpc) is 2.61. The molecule has 28 heavy (non-hydrogen) atoms. The van der Waals surface area contributed by atoms with E-state index in [9.17, 15) is 14.4 Å². The Bertz CT molecular complexity index is 709. The van der Waals surface area contributed by atoms with E-state index in [1.807, 2.05) is 32.9 Å². The van der Waals surface area contributed by atoms with Gasteiger partial charge in [-0.1, -0.05) is 17.7 Å². The zero-order valence-electron chi connectivity index (χ0n) is 17.1. The van der Waals surface area contributed by atoms with E-state index in [2.05, 4.69) is 15.5 Å². The Hall–Kier alpha value is -2.41. The second-order valence-electron chi connectivity index (χ2n) is 7.85. The van der Waals surface area contributed by atoms with Crippen LogP contribution in [0.1, 0.15) is 42.4 Å². The van der Waals surface area contributed by atoms with Crippen LogP contribution < -0.4 is 16.4 Å². The Morgan fingerprint density at radius 2 is 1.82 bits per heavy atom. The molecule has 0 spiro atoms. The van der Waals surface area contributed by atoms with Gasteiger partial charge in [-0.05, 0) is 63.6 Å². The van der Waals surface area contributed by atoms with Crippen molar-refractivity contribution >= 4 is 23.4 Å². The number of hydrogen-bond donors (Lipinski definition) is 3. The van der Waals surface area contributed by atoms with Crippen LogP contribution in [0.2, 0.25) is 0 Å². The zero-order valence-corrected chi connectivity index (χ0v) is 17.1. The van der Waals surface area contributed by atoms with E-state index in [0.29, 0.717) is 12.3 Å². The van der Waals surface area contributed by atoms with Crippen LogP contribution in [0.15, 0.2) is 12.1 Å². The van der Waals surface area contributed by atoms with Gasteiger partial charge in [-0.2, -0.15) is 0 Å². The van der Waals surface area contributed by atoms with Crippen LogP contribution in [0.25, 0.3) is 0 Å². The van der Waals surface area contributed by atoms with E-state index in [1.165, 1.54) is 0 Å². The predicted molar refractivity (Wildman–Crippen MR) is 110 cm³/mol. The SMILES string of the molecule is Cc1cc(C)c(NC(=O)CNC(=O)CN2CCCC(CCC(N)=O)C2)c(C)c1. The summed E-state index contributed by atoms with van der Waals surface area (Å²) in [6, 6.07) is 4.04. The minimum absolute atomic E-state index is 0.0511. The van der Waals surface area contributed by atoms with E-state index < -0.39 is 0 Å². The smallest absolute Gasteiger partial charge is 0.243 e. The fraction of sp³-hybridized carbons (Fsp3) is 0.571. The summed E-state index contributed by atoms with van der Waals surface area (Å²) in [5, 5.41) is 5.59. The zero-order chi connectivity index (χ0) is 20.7. The first kappa shape index (κ1) is 21.9. The van der Waals surface area contributed by atoms with Gasteiger partial charge >= 0.3 is 0 Å². The van der Waals surface area contributed by atoms with Gasteiger partial charge in [0.1, 0.15) is 0 Å². The Morgan fingerprint density at radius 1 is 1.14 bits per heavy atom. The molecule has 0 bridgehead atoms. The van der Waals surface area contributed by atoms with Crippen molar-refractivity contribution in [1.82, 2.24) is 10.2 Å². The molecule has 1 aromatic rings. The molecule has 0 aliphatic carbocycles. The first-order valence-corrected chi connectivity index (χ1v) is 9.89. The third-order valence-electron chi connectivity index (χ3n) is 5.16. The molecule has 7 nitrogen and oxygen atoms in total. The van der Waals surface area contributed by atoms with Gasteiger partial charge in [0.25, 0.3) is 0 Å². The van der Waals surface area contributed by atoms with E-state index >= 15 is 0 Å². The Labute approximate surface area is 167 Å². The molecule has 1 heterocycles. The number of hydrogen-bond acceptors (Lipinski definition) is 4. The van der Waals surface area contributed by atoms with E-state index in [4.69, 9.17) is 5.73 Å². The molecule has 0 aromatic heterocycles. The molecule has 3 amide bonds. The van der Waals surface area contributed by atoms with Gasteiger partial charge in [0.2, 0.25) is 17.7 Å². The van der Waals surface area contributed by atoms with Gasteiger partial charge in [0.05, 0.1) is 13.1 Å². The fourth-order valence-corrected chi connectivity index (χ4v) is 3.88. The van der Waals surface area contributed by atoms with Crippen molar-refractivity contribution in [2.75, 3.05) is 31.5 Å². The maximum atomic E-state index is 12.2. The van der Waals surface area contributed by atoms with Gasteiger partial charge in [-0.15, -0.1) is 0 Å². The summed E-state index contributed by atoms with van der Waals surface area (Å²) in [6.45, 7) is 7.79. The molecule has 1 fully saturated rings. The number of anilines is 1. The van der Waals surface area contributed by atoms with Crippen molar-refractivity contribution < 1.29 is 14.4 Å². The van der Waals surface area contributed by atoms with Crippen molar-refractivity contribution in [2.45, 2.75) is 46.5 Å². The number of amides is 3. The number of nitrogens with zero attached hydrogens (tertiary/aromatic N) is 1. The minimum atomic E-state index is -0.278. The lowest BCUT2D eigenvalue weighted by Gasteiger charge is -2.32. The second-order valence-corrected chi connectivity index (χ2v) is 7.85. The van der Waals surface area contributed by atoms with Crippen LogP contribution in [-0.4, -0.2) is 48.8 Å². The molecule has 1 aliphatic heterocycles. The molecule has 0 saturated carbocycles. The largest absolute Gasteiger partial charge is 0.370 e. The summed E-state index contributed by atoms with van der Waals surface area (Å²) < 4.78 is 0. The second kappa shape index (κ2) is 10.2. The molecule has 1 atom stereocenters. The summed E-state index contributed by atoms with van der Waals surface area (Å²) in [6.07, 6.45) is 3.22. The highest BCUT2D eigenvalue weighted by Crippen LogP contribution is 2.22. The van der Waals surface area contributed by atoms with Crippen molar-refractivity contribution in [3.05, 3.63) is 28.8 Å². The third-order valence-corrected chi connectivity index (χ3v) is 5.16. The molecule has 7 heteroatoms. The normalized spacial score (nSPS) is 17.2. The van der Waals surface area contributed by atoms with Crippen molar-refractivity contribution in [3.8, 4) is 0 Å². The highest BCUT2D eigenvalue weighted by molar-refractivity contribution is 5.96. The Balaban J connectivity index is 1.76. The summed E-state index contributed by atoms with van der Waals surface area (Å²) in [7, 11) is 0. The van der Waals surface area contributed by atoms with Crippen LogP contribution in [0.3, 0.4) is 0 Å².